The van der Waals surface area contributed by atoms with Crippen LogP contribution in [0.15, 0.2) is 12.2 Å². The highest BCUT2D eigenvalue weighted by molar-refractivity contribution is 5.76. The summed E-state index contributed by atoms with van der Waals surface area (Å²) >= 11 is 0. The Kier molecular flexibility index (Phi) is 27.0. The number of hydrogen-bond donors (Lipinski definition) is 6. The zero-order valence-corrected chi connectivity index (χ0v) is 29.3. The minimum Gasteiger partial charge on any atom is -0.394 e. The van der Waals surface area contributed by atoms with Crippen LogP contribution in [0.4, 0.5) is 0 Å². The minimum absolute atomic E-state index is 0.185. The largest absolute Gasteiger partial charge is 0.394 e. The van der Waals surface area contributed by atoms with Crippen molar-refractivity contribution in [3.8, 4) is 0 Å². The van der Waals surface area contributed by atoms with Crippen LogP contribution in [-0.4, -0.2) is 87.5 Å². The van der Waals surface area contributed by atoms with Crippen LogP contribution in [0.2, 0.25) is 0 Å². The lowest BCUT2D eigenvalue weighted by Gasteiger charge is -2.40. The van der Waals surface area contributed by atoms with Gasteiger partial charge in [-0.25, -0.2) is 0 Å². The second-order valence-electron chi connectivity index (χ2n) is 13.4. The molecule has 1 saturated heterocycles. The molecule has 0 bridgehead atoms. The number of hydrogen-bond acceptors (Lipinski definition) is 8. The van der Waals surface area contributed by atoms with E-state index < -0.39 is 49.5 Å². The van der Waals surface area contributed by atoms with E-state index in [0.29, 0.717) is 6.42 Å². The summed E-state index contributed by atoms with van der Waals surface area (Å²) in [5.74, 6) is -0.187. The maximum Gasteiger partial charge on any atom is 0.220 e. The molecule has 46 heavy (non-hydrogen) atoms. The lowest BCUT2D eigenvalue weighted by Crippen LogP contribution is -2.60. The molecular formula is C37H71NO8. The van der Waals surface area contributed by atoms with Gasteiger partial charge in [0, 0.05) is 6.42 Å². The van der Waals surface area contributed by atoms with Crippen molar-refractivity contribution in [1.82, 2.24) is 5.32 Å². The van der Waals surface area contributed by atoms with E-state index in [9.17, 15) is 30.3 Å². The van der Waals surface area contributed by atoms with Gasteiger partial charge in [0.25, 0.3) is 0 Å². The number of allylic oxidation sites excluding steroid dienone is 1. The molecule has 9 nitrogen and oxygen atoms in total. The summed E-state index contributed by atoms with van der Waals surface area (Å²) < 4.78 is 11.1. The number of rotatable bonds is 30. The van der Waals surface area contributed by atoms with Gasteiger partial charge in [-0.1, -0.05) is 148 Å². The molecule has 1 aliphatic rings. The van der Waals surface area contributed by atoms with Crippen molar-refractivity contribution in [2.45, 2.75) is 204 Å². The molecule has 7 atom stereocenters. The molecule has 1 amide bonds. The topological polar surface area (TPSA) is 149 Å². The Hall–Kier alpha value is -1.07. The molecule has 0 aromatic carbocycles. The van der Waals surface area contributed by atoms with E-state index in [-0.39, 0.29) is 12.5 Å². The highest BCUT2D eigenvalue weighted by atomic mass is 16.7. The zero-order chi connectivity index (χ0) is 33.8. The predicted octanol–water partition coefficient (Wildman–Crippen LogP) is 6.22. The first-order valence-corrected chi connectivity index (χ1v) is 18.9. The van der Waals surface area contributed by atoms with Crippen molar-refractivity contribution in [1.29, 1.82) is 0 Å². The van der Waals surface area contributed by atoms with Gasteiger partial charge in [-0.15, -0.1) is 0 Å². The van der Waals surface area contributed by atoms with Crippen molar-refractivity contribution >= 4 is 5.91 Å². The van der Waals surface area contributed by atoms with E-state index in [1.807, 2.05) is 6.08 Å². The van der Waals surface area contributed by atoms with Gasteiger partial charge in [0.05, 0.1) is 25.4 Å². The van der Waals surface area contributed by atoms with Gasteiger partial charge in [0.15, 0.2) is 6.29 Å². The van der Waals surface area contributed by atoms with Gasteiger partial charge in [-0.2, -0.15) is 0 Å². The van der Waals surface area contributed by atoms with Crippen LogP contribution in [0.1, 0.15) is 162 Å². The van der Waals surface area contributed by atoms with Gasteiger partial charge in [-0.3, -0.25) is 4.79 Å². The van der Waals surface area contributed by atoms with Crippen molar-refractivity contribution in [3.63, 3.8) is 0 Å². The quantitative estimate of drug-likeness (QED) is 0.0394. The Morgan fingerprint density at radius 3 is 1.70 bits per heavy atom. The summed E-state index contributed by atoms with van der Waals surface area (Å²) in [4.78, 5) is 12.7. The molecule has 1 heterocycles. The standard InChI is InChI=1S/C37H71NO8/c1-3-5-7-9-11-12-13-14-15-16-17-18-19-20-21-22-24-26-31(40)30(38-33(41)27-25-23-10-8-6-4-2)29-45-37-36(44)35(43)34(42)32(28-39)46-37/h24,26,30-32,34-37,39-40,42-44H,3-23,25,27-29H2,1-2H3,(H,38,41)/b26-24+. The fourth-order valence-electron chi connectivity index (χ4n) is 5.98. The van der Waals surface area contributed by atoms with Crippen LogP contribution in [-0.2, 0) is 14.3 Å². The van der Waals surface area contributed by atoms with E-state index in [1.165, 1.54) is 96.3 Å². The molecular weight excluding hydrogens is 586 g/mol. The third kappa shape index (κ3) is 20.3. The number of aliphatic hydroxyl groups is 5. The van der Waals surface area contributed by atoms with E-state index in [1.54, 1.807) is 6.08 Å². The van der Waals surface area contributed by atoms with E-state index in [0.717, 1.165) is 44.9 Å². The maximum atomic E-state index is 12.7. The van der Waals surface area contributed by atoms with Crippen molar-refractivity contribution < 1.29 is 39.8 Å². The number of nitrogens with one attached hydrogen (secondary N) is 1. The van der Waals surface area contributed by atoms with E-state index in [2.05, 4.69) is 19.2 Å². The highest BCUT2D eigenvalue weighted by Crippen LogP contribution is 2.22. The molecule has 0 saturated carbocycles. The second kappa shape index (κ2) is 28.9. The molecule has 0 aromatic rings. The molecule has 9 heteroatoms. The number of aliphatic hydroxyl groups excluding tert-OH is 5. The summed E-state index contributed by atoms with van der Waals surface area (Å²) in [7, 11) is 0. The Morgan fingerprint density at radius 2 is 1.20 bits per heavy atom. The van der Waals surface area contributed by atoms with E-state index >= 15 is 0 Å². The molecule has 272 valence electrons. The molecule has 0 aromatic heterocycles. The Labute approximate surface area is 280 Å². The van der Waals surface area contributed by atoms with Crippen LogP contribution in [0.25, 0.3) is 0 Å². The van der Waals surface area contributed by atoms with Crippen LogP contribution < -0.4 is 5.32 Å². The fourth-order valence-corrected chi connectivity index (χ4v) is 5.98. The van der Waals surface area contributed by atoms with Crippen LogP contribution in [0, 0.1) is 0 Å². The van der Waals surface area contributed by atoms with Crippen LogP contribution in [0.5, 0.6) is 0 Å². The summed E-state index contributed by atoms with van der Waals surface area (Å²) in [6, 6.07) is -0.794. The van der Waals surface area contributed by atoms with Gasteiger partial charge >= 0.3 is 0 Å². The monoisotopic (exact) mass is 658 g/mol. The van der Waals surface area contributed by atoms with Crippen molar-refractivity contribution in [2.24, 2.45) is 0 Å². The first-order valence-electron chi connectivity index (χ1n) is 18.9. The second-order valence-corrected chi connectivity index (χ2v) is 13.4. The summed E-state index contributed by atoms with van der Waals surface area (Å²) in [6.45, 7) is 3.68. The van der Waals surface area contributed by atoms with Crippen LogP contribution >= 0.6 is 0 Å². The summed E-state index contributed by atoms with van der Waals surface area (Å²) in [5.41, 5.74) is 0. The Balaban J connectivity index is 2.38. The minimum atomic E-state index is -1.56. The number of unbranched alkanes of at least 4 members (excludes halogenated alkanes) is 20. The first-order chi connectivity index (χ1) is 22.3. The maximum absolute atomic E-state index is 12.7. The molecule has 6 N–H and O–H groups in total. The SMILES string of the molecule is CCCCCCCCCCCCCCCCC/C=C/C(O)C(COC1OC(CO)C(O)C(O)C1O)NC(=O)CCCCCCCC. The highest BCUT2D eigenvalue weighted by Gasteiger charge is 2.44. The summed E-state index contributed by atoms with van der Waals surface area (Å²) in [6.07, 6.45) is 22.8. The summed E-state index contributed by atoms with van der Waals surface area (Å²) in [5, 5.41) is 53.7. The first kappa shape index (κ1) is 43.0. The van der Waals surface area contributed by atoms with Crippen molar-refractivity contribution in [3.05, 3.63) is 12.2 Å². The zero-order valence-electron chi connectivity index (χ0n) is 29.3. The molecule has 1 aliphatic heterocycles. The van der Waals surface area contributed by atoms with E-state index in [4.69, 9.17) is 9.47 Å². The lowest BCUT2D eigenvalue weighted by molar-refractivity contribution is -0.302. The third-order valence-electron chi connectivity index (χ3n) is 9.11. The molecule has 1 fully saturated rings. The van der Waals surface area contributed by atoms with Crippen LogP contribution in [0.3, 0.4) is 0 Å². The molecule has 0 spiro atoms. The average Bonchev–Trinajstić information content (AvgIpc) is 3.05. The third-order valence-corrected chi connectivity index (χ3v) is 9.11. The lowest BCUT2D eigenvalue weighted by atomic mass is 9.99. The molecule has 7 unspecified atom stereocenters. The predicted molar refractivity (Wildman–Crippen MR) is 184 cm³/mol. The smallest absolute Gasteiger partial charge is 0.220 e. The fraction of sp³-hybridized carbons (Fsp3) is 0.919. The molecule has 1 rings (SSSR count). The van der Waals surface area contributed by atoms with Crippen molar-refractivity contribution in [2.75, 3.05) is 13.2 Å². The number of carbonyl (C=O) groups is 1. The number of amides is 1. The van der Waals surface area contributed by atoms with Gasteiger partial charge in [0.2, 0.25) is 5.91 Å². The van der Waals surface area contributed by atoms with Gasteiger partial charge < -0.3 is 40.3 Å². The Bertz CT molecular complexity index is 736. The number of ether oxygens (including phenoxy) is 2. The molecule has 0 radical (unpaired) electrons. The average molecular weight is 658 g/mol. The normalized spacial score (nSPS) is 23.2. The van der Waals surface area contributed by atoms with Gasteiger partial charge in [0.1, 0.15) is 24.4 Å². The Morgan fingerprint density at radius 1 is 0.717 bits per heavy atom. The molecule has 0 aliphatic carbocycles. The van der Waals surface area contributed by atoms with Gasteiger partial charge in [-0.05, 0) is 19.3 Å². The number of carbonyl (C=O) groups excluding carboxylic acids is 1.